The van der Waals surface area contributed by atoms with Crippen molar-refractivity contribution in [2.45, 2.75) is 45.2 Å². The second-order valence-corrected chi connectivity index (χ2v) is 5.71. The maximum atomic E-state index is 5.90. The molecule has 3 nitrogen and oxygen atoms in total. The predicted octanol–water partition coefficient (Wildman–Crippen LogP) is 2.06. The number of aromatic nitrogens is 1. The minimum Gasteiger partial charge on any atom is -0.328 e. The van der Waals surface area contributed by atoms with Crippen molar-refractivity contribution in [3.8, 4) is 0 Å². The molecule has 90 valence electrons. The lowest BCUT2D eigenvalue weighted by Gasteiger charge is -2.26. The summed E-state index contributed by atoms with van der Waals surface area (Å²) in [5, 5.41) is 3.54. The zero-order chi connectivity index (χ0) is 11.4. The van der Waals surface area contributed by atoms with Gasteiger partial charge in [-0.2, -0.15) is 0 Å². The molecule has 4 heteroatoms. The first kappa shape index (κ1) is 12.0. The maximum Gasteiger partial charge on any atom is 0.0798 e. The van der Waals surface area contributed by atoms with E-state index in [4.69, 9.17) is 5.73 Å². The standard InChI is InChI=1S/C12H21N3S/c1-9-12(16-8-15-9)7-14-6-10-2-4-11(13)5-3-10/h8,10-11,14H,2-7,13H2,1H3. The van der Waals surface area contributed by atoms with Crippen LogP contribution in [-0.2, 0) is 6.54 Å². The lowest BCUT2D eigenvalue weighted by atomic mass is 9.86. The molecule has 2 rings (SSSR count). The summed E-state index contributed by atoms with van der Waals surface area (Å²) in [5.74, 6) is 0.827. The van der Waals surface area contributed by atoms with Crippen molar-refractivity contribution in [1.29, 1.82) is 0 Å². The SMILES string of the molecule is Cc1ncsc1CNCC1CCC(N)CC1. The summed E-state index contributed by atoms with van der Waals surface area (Å²) in [6, 6.07) is 0.458. The molecule has 1 fully saturated rings. The summed E-state index contributed by atoms with van der Waals surface area (Å²) in [4.78, 5) is 5.62. The molecule has 0 atom stereocenters. The average molecular weight is 239 g/mol. The molecule has 1 saturated carbocycles. The number of aryl methyl sites for hydroxylation is 1. The van der Waals surface area contributed by atoms with Crippen LogP contribution in [0.3, 0.4) is 0 Å². The fourth-order valence-electron chi connectivity index (χ4n) is 2.28. The van der Waals surface area contributed by atoms with Crippen molar-refractivity contribution >= 4 is 11.3 Å². The summed E-state index contributed by atoms with van der Waals surface area (Å²) in [7, 11) is 0. The Labute approximate surface area is 101 Å². The zero-order valence-corrected chi connectivity index (χ0v) is 10.7. The van der Waals surface area contributed by atoms with E-state index in [2.05, 4.69) is 17.2 Å². The first-order chi connectivity index (χ1) is 7.75. The Balaban J connectivity index is 1.67. The van der Waals surface area contributed by atoms with Gasteiger partial charge in [-0.1, -0.05) is 0 Å². The normalized spacial score (nSPS) is 25.9. The molecular formula is C12H21N3S. The van der Waals surface area contributed by atoms with Gasteiger partial charge in [-0.25, -0.2) is 4.98 Å². The Hall–Kier alpha value is -0.450. The van der Waals surface area contributed by atoms with E-state index in [1.807, 2.05) is 5.51 Å². The molecule has 3 N–H and O–H groups in total. The first-order valence-corrected chi connectivity index (χ1v) is 6.99. The van der Waals surface area contributed by atoms with E-state index in [0.29, 0.717) is 6.04 Å². The van der Waals surface area contributed by atoms with Crippen molar-refractivity contribution in [3.05, 3.63) is 16.1 Å². The molecule has 0 saturated heterocycles. The highest BCUT2D eigenvalue weighted by Gasteiger charge is 2.17. The average Bonchev–Trinajstić information content (AvgIpc) is 2.68. The monoisotopic (exact) mass is 239 g/mol. The van der Waals surface area contributed by atoms with Crippen LogP contribution in [0.1, 0.15) is 36.3 Å². The van der Waals surface area contributed by atoms with Crippen molar-refractivity contribution in [2.75, 3.05) is 6.54 Å². The Morgan fingerprint density at radius 3 is 2.81 bits per heavy atom. The molecule has 0 spiro atoms. The Kier molecular flexibility index (Phi) is 4.32. The second kappa shape index (κ2) is 5.75. The summed E-state index contributed by atoms with van der Waals surface area (Å²) >= 11 is 1.74. The quantitative estimate of drug-likeness (QED) is 0.845. The lowest BCUT2D eigenvalue weighted by molar-refractivity contribution is 0.314. The molecule has 1 aliphatic carbocycles. The molecule has 0 aliphatic heterocycles. The molecule has 0 bridgehead atoms. The summed E-state index contributed by atoms with van der Waals surface area (Å²) < 4.78 is 0. The molecule has 0 unspecified atom stereocenters. The van der Waals surface area contributed by atoms with Crippen LogP contribution in [0.15, 0.2) is 5.51 Å². The van der Waals surface area contributed by atoms with Gasteiger partial charge in [0.05, 0.1) is 11.2 Å². The van der Waals surface area contributed by atoms with Crippen LogP contribution < -0.4 is 11.1 Å². The molecular weight excluding hydrogens is 218 g/mol. The van der Waals surface area contributed by atoms with E-state index in [1.165, 1.54) is 36.3 Å². The van der Waals surface area contributed by atoms with Gasteiger partial charge in [0.1, 0.15) is 0 Å². The minimum absolute atomic E-state index is 0.458. The maximum absolute atomic E-state index is 5.90. The lowest BCUT2D eigenvalue weighted by Crippen LogP contribution is -2.31. The number of rotatable bonds is 4. The van der Waals surface area contributed by atoms with Crippen LogP contribution in [0.2, 0.25) is 0 Å². The number of thiazole rings is 1. The summed E-state index contributed by atoms with van der Waals surface area (Å²) in [6.07, 6.45) is 4.98. The van der Waals surface area contributed by atoms with Crippen LogP contribution in [0.5, 0.6) is 0 Å². The molecule has 0 aromatic carbocycles. The van der Waals surface area contributed by atoms with Crippen LogP contribution in [-0.4, -0.2) is 17.6 Å². The Morgan fingerprint density at radius 2 is 2.19 bits per heavy atom. The van der Waals surface area contributed by atoms with E-state index < -0.39 is 0 Å². The van der Waals surface area contributed by atoms with Crippen molar-refractivity contribution in [3.63, 3.8) is 0 Å². The van der Waals surface area contributed by atoms with Crippen LogP contribution in [0, 0.1) is 12.8 Å². The molecule has 0 amide bonds. The van der Waals surface area contributed by atoms with Crippen molar-refractivity contribution in [2.24, 2.45) is 11.7 Å². The van der Waals surface area contributed by atoms with Gasteiger partial charge < -0.3 is 11.1 Å². The van der Waals surface area contributed by atoms with E-state index in [-0.39, 0.29) is 0 Å². The third-order valence-corrected chi connectivity index (χ3v) is 4.39. The van der Waals surface area contributed by atoms with E-state index in [1.54, 1.807) is 11.3 Å². The molecule has 1 aliphatic rings. The second-order valence-electron chi connectivity index (χ2n) is 4.77. The molecule has 1 aromatic rings. The van der Waals surface area contributed by atoms with E-state index in [9.17, 15) is 0 Å². The number of hydrogen-bond acceptors (Lipinski definition) is 4. The van der Waals surface area contributed by atoms with Gasteiger partial charge in [0.15, 0.2) is 0 Å². The van der Waals surface area contributed by atoms with Gasteiger partial charge >= 0.3 is 0 Å². The van der Waals surface area contributed by atoms with Crippen LogP contribution in [0.4, 0.5) is 0 Å². The highest BCUT2D eigenvalue weighted by atomic mass is 32.1. The zero-order valence-electron chi connectivity index (χ0n) is 9.91. The molecule has 0 radical (unpaired) electrons. The molecule has 1 heterocycles. The Bertz CT molecular complexity index is 316. The van der Waals surface area contributed by atoms with E-state index in [0.717, 1.165) is 19.0 Å². The first-order valence-electron chi connectivity index (χ1n) is 6.11. The Morgan fingerprint density at radius 1 is 1.44 bits per heavy atom. The molecule has 1 aromatic heterocycles. The third-order valence-electron chi connectivity index (χ3n) is 3.45. The van der Waals surface area contributed by atoms with Gasteiger partial charge in [-0.3, -0.25) is 0 Å². The topological polar surface area (TPSA) is 50.9 Å². The van der Waals surface area contributed by atoms with Crippen LogP contribution >= 0.6 is 11.3 Å². The van der Waals surface area contributed by atoms with Crippen LogP contribution in [0.25, 0.3) is 0 Å². The number of nitrogens with one attached hydrogen (secondary N) is 1. The minimum atomic E-state index is 0.458. The van der Waals surface area contributed by atoms with Gasteiger partial charge in [-0.05, 0) is 45.1 Å². The van der Waals surface area contributed by atoms with Gasteiger partial charge in [0.2, 0.25) is 0 Å². The van der Waals surface area contributed by atoms with Crippen molar-refractivity contribution in [1.82, 2.24) is 10.3 Å². The largest absolute Gasteiger partial charge is 0.328 e. The predicted molar refractivity (Wildman–Crippen MR) is 68.5 cm³/mol. The third kappa shape index (κ3) is 3.27. The summed E-state index contributed by atoms with van der Waals surface area (Å²) in [5.41, 5.74) is 8.99. The smallest absolute Gasteiger partial charge is 0.0798 e. The number of nitrogens with two attached hydrogens (primary N) is 1. The van der Waals surface area contributed by atoms with Crippen molar-refractivity contribution < 1.29 is 0 Å². The number of nitrogens with zero attached hydrogens (tertiary/aromatic N) is 1. The fraction of sp³-hybridized carbons (Fsp3) is 0.750. The van der Waals surface area contributed by atoms with Gasteiger partial charge in [-0.15, -0.1) is 11.3 Å². The summed E-state index contributed by atoms with van der Waals surface area (Å²) in [6.45, 7) is 4.18. The number of hydrogen-bond donors (Lipinski definition) is 2. The van der Waals surface area contributed by atoms with Gasteiger partial charge in [0.25, 0.3) is 0 Å². The highest BCUT2D eigenvalue weighted by Crippen LogP contribution is 2.22. The van der Waals surface area contributed by atoms with Gasteiger partial charge in [0, 0.05) is 17.5 Å². The highest BCUT2D eigenvalue weighted by molar-refractivity contribution is 7.09. The fourth-order valence-corrected chi connectivity index (χ4v) is 3.02. The molecule has 16 heavy (non-hydrogen) atoms. The van der Waals surface area contributed by atoms with E-state index >= 15 is 0 Å².